The fourth-order valence-electron chi connectivity index (χ4n) is 2.74. The molecule has 0 amide bonds. The van der Waals surface area contributed by atoms with Crippen molar-refractivity contribution in [3.05, 3.63) is 52.6 Å². The number of halogens is 1. The molecule has 0 saturated carbocycles. The molecule has 1 fully saturated rings. The summed E-state index contributed by atoms with van der Waals surface area (Å²) >= 11 is 6.08. The van der Waals surface area contributed by atoms with E-state index < -0.39 is 5.60 Å². The fraction of sp³-hybridized carbons (Fsp3) is 0.421. The maximum absolute atomic E-state index is 10.8. The fourth-order valence-corrected chi connectivity index (χ4v) is 2.96. The summed E-state index contributed by atoms with van der Waals surface area (Å²) in [4.78, 5) is 2.10. The molecule has 0 radical (unpaired) electrons. The number of hydrogen-bond acceptors (Lipinski definition) is 3. The summed E-state index contributed by atoms with van der Waals surface area (Å²) in [6, 6.07) is 7.44. The van der Waals surface area contributed by atoms with Crippen LogP contribution < -0.4 is 4.90 Å². The molecule has 0 bridgehead atoms. The van der Waals surface area contributed by atoms with Gasteiger partial charge < -0.3 is 10.0 Å². The number of allylic oxidation sites excluding steroid dienone is 2. The van der Waals surface area contributed by atoms with Gasteiger partial charge in [-0.05, 0) is 44.0 Å². The topological polar surface area (TPSA) is 47.3 Å². The third kappa shape index (κ3) is 4.37. The van der Waals surface area contributed by atoms with Crippen LogP contribution in [0.2, 0.25) is 5.02 Å². The van der Waals surface area contributed by atoms with E-state index >= 15 is 0 Å². The first-order chi connectivity index (χ1) is 11.0. The SMILES string of the molecule is C/C=C\C(=C/C)C1(O)CCN(c2ccc(C#N)c(Cl)c2)C1.CC. The molecule has 2 rings (SSSR count). The summed E-state index contributed by atoms with van der Waals surface area (Å²) in [7, 11) is 0. The molecule has 124 valence electrons. The largest absolute Gasteiger partial charge is 0.383 e. The van der Waals surface area contributed by atoms with E-state index in [1.54, 1.807) is 12.1 Å². The molecule has 23 heavy (non-hydrogen) atoms. The quantitative estimate of drug-likeness (QED) is 0.816. The second-order valence-electron chi connectivity index (χ2n) is 5.22. The van der Waals surface area contributed by atoms with E-state index in [4.69, 9.17) is 16.9 Å². The average Bonchev–Trinajstić information content (AvgIpc) is 2.97. The van der Waals surface area contributed by atoms with E-state index in [9.17, 15) is 5.11 Å². The highest BCUT2D eigenvalue weighted by Gasteiger charge is 2.38. The zero-order valence-corrected chi connectivity index (χ0v) is 15.1. The van der Waals surface area contributed by atoms with Crippen molar-refractivity contribution in [1.29, 1.82) is 5.26 Å². The number of anilines is 1. The minimum atomic E-state index is -0.832. The van der Waals surface area contributed by atoms with Crippen LogP contribution in [0.1, 0.15) is 39.7 Å². The second kappa shape index (κ2) is 8.76. The molecule has 1 atom stereocenters. The number of aliphatic hydroxyl groups is 1. The maximum atomic E-state index is 10.8. The number of nitrogens with zero attached hydrogens (tertiary/aromatic N) is 2. The minimum Gasteiger partial charge on any atom is -0.383 e. The molecule has 1 heterocycles. The molecule has 1 N–H and O–H groups in total. The molecular formula is C19H25ClN2O. The normalized spacial score (nSPS) is 21.1. The number of rotatable bonds is 3. The van der Waals surface area contributed by atoms with Gasteiger partial charge in [-0.3, -0.25) is 0 Å². The van der Waals surface area contributed by atoms with Gasteiger partial charge in [0.15, 0.2) is 0 Å². The first kappa shape index (κ1) is 19.3. The standard InChI is InChI=1S/C17H19ClN2O.C2H6/c1-3-5-14(4-2)17(21)8-9-20(12-17)15-7-6-13(11-19)16(18)10-15;1-2/h3-7,10,21H,8-9,12H2,1-2H3;1-2H3/b5-3-,14-4+;. The Labute approximate surface area is 144 Å². The summed E-state index contributed by atoms with van der Waals surface area (Å²) in [5, 5.41) is 20.2. The van der Waals surface area contributed by atoms with Crippen LogP contribution in [-0.2, 0) is 0 Å². The predicted octanol–water partition coefficient (Wildman–Crippen LogP) is 4.70. The molecule has 1 aliphatic heterocycles. The highest BCUT2D eigenvalue weighted by Crippen LogP contribution is 2.34. The summed E-state index contributed by atoms with van der Waals surface area (Å²) in [6.07, 6.45) is 6.52. The molecule has 1 aromatic carbocycles. The van der Waals surface area contributed by atoms with Crippen LogP contribution in [0.25, 0.3) is 0 Å². The van der Waals surface area contributed by atoms with E-state index in [1.165, 1.54) is 0 Å². The first-order valence-corrected chi connectivity index (χ1v) is 8.38. The van der Waals surface area contributed by atoms with E-state index in [-0.39, 0.29) is 0 Å². The van der Waals surface area contributed by atoms with Gasteiger partial charge in [-0.25, -0.2) is 0 Å². The third-order valence-corrected chi connectivity index (χ3v) is 4.19. The van der Waals surface area contributed by atoms with Crippen molar-refractivity contribution in [2.45, 2.75) is 39.7 Å². The summed E-state index contributed by atoms with van der Waals surface area (Å²) in [5.74, 6) is 0. The Kier molecular flexibility index (Phi) is 7.35. The van der Waals surface area contributed by atoms with Crippen molar-refractivity contribution in [3.63, 3.8) is 0 Å². The lowest BCUT2D eigenvalue weighted by Crippen LogP contribution is -2.34. The van der Waals surface area contributed by atoms with Crippen LogP contribution in [0.15, 0.2) is 42.0 Å². The summed E-state index contributed by atoms with van der Waals surface area (Å²) in [5.41, 5.74) is 1.51. The Balaban J connectivity index is 0.00000127. The van der Waals surface area contributed by atoms with Gasteiger partial charge in [0.1, 0.15) is 11.7 Å². The lowest BCUT2D eigenvalue weighted by Gasteiger charge is -2.26. The molecule has 0 spiro atoms. The minimum absolute atomic E-state index is 0.449. The molecule has 4 heteroatoms. The third-order valence-electron chi connectivity index (χ3n) is 3.88. The van der Waals surface area contributed by atoms with Crippen LogP contribution >= 0.6 is 11.6 Å². The first-order valence-electron chi connectivity index (χ1n) is 8.00. The van der Waals surface area contributed by atoms with Crippen LogP contribution in [0.4, 0.5) is 5.69 Å². The lowest BCUT2D eigenvalue weighted by molar-refractivity contribution is 0.106. The van der Waals surface area contributed by atoms with Gasteiger partial charge in [0.2, 0.25) is 0 Å². The second-order valence-corrected chi connectivity index (χ2v) is 5.63. The number of β-amino-alcohol motifs (C(OH)–C–C–N with tert-alkyl or cyclic N) is 1. The van der Waals surface area contributed by atoms with Crippen LogP contribution in [0, 0.1) is 11.3 Å². The zero-order chi connectivity index (χ0) is 17.5. The van der Waals surface area contributed by atoms with Crippen molar-refractivity contribution in [1.82, 2.24) is 0 Å². The van der Waals surface area contributed by atoms with E-state index in [1.807, 2.05) is 52.0 Å². The number of benzene rings is 1. The zero-order valence-electron chi connectivity index (χ0n) is 14.3. The Bertz CT molecular complexity index is 631. The van der Waals surface area contributed by atoms with E-state index in [0.717, 1.165) is 17.8 Å². The molecule has 0 aromatic heterocycles. The van der Waals surface area contributed by atoms with Gasteiger partial charge in [-0.15, -0.1) is 0 Å². The Morgan fingerprint density at radius 1 is 1.39 bits per heavy atom. The van der Waals surface area contributed by atoms with Crippen molar-refractivity contribution < 1.29 is 5.11 Å². The molecule has 1 aliphatic rings. The van der Waals surface area contributed by atoms with Gasteiger partial charge in [-0.2, -0.15) is 5.26 Å². The van der Waals surface area contributed by atoms with Gasteiger partial charge >= 0.3 is 0 Å². The Morgan fingerprint density at radius 3 is 2.61 bits per heavy atom. The summed E-state index contributed by atoms with van der Waals surface area (Å²) < 4.78 is 0. The Hall–Kier alpha value is -1.76. The Morgan fingerprint density at radius 2 is 2.09 bits per heavy atom. The van der Waals surface area contributed by atoms with E-state index in [2.05, 4.69) is 11.0 Å². The van der Waals surface area contributed by atoms with Crippen molar-refractivity contribution in [2.24, 2.45) is 0 Å². The lowest BCUT2D eigenvalue weighted by atomic mass is 9.92. The smallest absolute Gasteiger partial charge is 0.108 e. The molecule has 1 unspecified atom stereocenters. The number of nitriles is 1. The van der Waals surface area contributed by atoms with Gasteiger partial charge in [0.05, 0.1) is 17.1 Å². The highest BCUT2D eigenvalue weighted by atomic mass is 35.5. The molecule has 1 aromatic rings. The average molecular weight is 333 g/mol. The van der Waals surface area contributed by atoms with Crippen LogP contribution in [-0.4, -0.2) is 23.8 Å². The maximum Gasteiger partial charge on any atom is 0.108 e. The van der Waals surface area contributed by atoms with Crippen LogP contribution in [0.5, 0.6) is 0 Å². The summed E-state index contributed by atoms with van der Waals surface area (Å²) in [6.45, 7) is 9.17. The molecule has 3 nitrogen and oxygen atoms in total. The molecule has 0 aliphatic carbocycles. The van der Waals surface area contributed by atoms with Gasteiger partial charge in [-0.1, -0.05) is 43.7 Å². The van der Waals surface area contributed by atoms with Crippen LogP contribution in [0.3, 0.4) is 0 Å². The van der Waals surface area contributed by atoms with Crippen molar-refractivity contribution in [3.8, 4) is 6.07 Å². The molecule has 1 saturated heterocycles. The van der Waals surface area contributed by atoms with Gasteiger partial charge in [0.25, 0.3) is 0 Å². The number of hydrogen-bond donors (Lipinski definition) is 1. The van der Waals surface area contributed by atoms with E-state index in [0.29, 0.717) is 23.6 Å². The highest BCUT2D eigenvalue weighted by molar-refractivity contribution is 6.32. The van der Waals surface area contributed by atoms with Gasteiger partial charge in [0, 0.05) is 12.2 Å². The predicted molar refractivity (Wildman–Crippen MR) is 97.9 cm³/mol. The monoisotopic (exact) mass is 332 g/mol. The van der Waals surface area contributed by atoms with Crippen molar-refractivity contribution >= 4 is 17.3 Å². The molecular weight excluding hydrogens is 308 g/mol. The van der Waals surface area contributed by atoms with Crippen molar-refractivity contribution in [2.75, 3.05) is 18.0 Å².